The summed E-state index contributed by atoms with van der Waals surface area (Å²) in [5.74, 6) is -0.0279. The first-order valence-electron chi connectivity index (χ1n) is 7.68. The van der Waals surface area contributed by atoms with Crippen LogP contribution in [0.4, 0.5) is 11.4 Å². The number of hydrogen-bond acceptors (Lipinski definition) is 4. The van der Waals surface area contributed by atoms with Gasteiger partial charge in [0.05, 0.1) is 0 Å². The topological polar surface area (TPSA) is 44.8 Å². The van der Waals surface area contributed by atoms with E-state index < -0.39 is 0 Å². The molecule has 2 fully saturated rings. The zero-order valence-electron chi connectivity index (χ0n) is 12.5. The Morgan fingerprint density at radius 2 is 1.90 bits per heavy atom. The first-order valence-corrected chi connectivity index (χ1v) is 7.68. The number of carbonyl (C=O) groups excluding carboxylic acids is 1. The van der Waals surface area contributed by atoms with Gasteiger partial charge in [0.1, 0.15) is 6.10 Å². The molecule has 5 heteroatoms. The number of carbonyl (C=O) groups is 1. The van der Waals surface area contributed by atoms with Gasteiger partial charge in [0.2, 0.25) is 0 Å². The molecule has 1 unspecified atom stereocenters. The molecule has 5 nitrogen and oxygen atoms in total. The van der Waals surface area contributed by atoms with Crippen molar-refractivity contribution in [2.75, 3.05) is 50.1 Å². The summed E-state index contributed by atoms with van der Waals surface area (Å²) >= 11 is 0. The van der Waals surface area contributed by atoms with E-state index >= 15 is 0 Å². The molecule has 0 aromatic heterocycles. The fraction of sp³-hybridized carbons (Fsp3) is 0.562. The summed E-state index contributed by atoms with van der Waals surface area (Å²) in [4.78, 5) is 16.7. The second kappa shape index (κ2) is 6.45. The van der Waals surface area contributed by atoms with E-state index in [1.807, 2.05) is 12.1 Å². The molecule has 2 heterocycles. The van der Waals surface area contributed by atoms with Gasteiger partial charge in [-0.1, -0.05) is 0 Å². The molecule has 0 saturated carbocycles. The largest absolute Gasteiger partial charge is 0.369 e. The lowest BCUT2D eigenvalue weighted by Gasteiger charge is -2.34. The maximum atomic E-state index is 12.0. The molecule has 0 spiro atoms. The Labute approximate surface area is 125 Å². The minimum absolute atomic E-state index is 0.0279. The summed E-state index contributed by atoms with van der Waals surface area (Å²) in [7, 11) is 2.15. The van der Waals surface area contributed by atoms with Crippen LogP contribution < -0.4 is 10.2 Å². The lowest BCUT2D eigenvalue weighted by Crippen LogP contribution is -2.44. The van der Waals surface area contributed by atoms with Crippen LogP contribution in [0.1, 0.15) is 12.8 Å². The molecule has 114 valence electrons. The molecule has 21 heavy (non-hydrogen) atoms. The van der Waals surface area contributed by atoms with Crippen LogP contribution in [-0.4, -0.2) is 56.7 Å². The van der Waals surface area contributed by atoms with E-state index in [1.165, 1.54) is 5.69 Å². The number of ether oxygens (including phenoxy) is 1. The Bertz CT molecular complexity index is 475. The van der Waals surface area contributed by atoms with Gasteiger partial charge in [-0.2, -0.15) is 0 Å². The lowest BCUT2D eigenvalue weighted by molar-refractivity contribution is -0.124. The van der Waals surface area contributed by atoms with E-state index in [0.29, 0.717) is 6.61 Å². The van der Waals surface area contributed by atoms with Gasteiger partial charge in [-0.15, -0.1) is 0 Å². The molecule has 0 aliphatic carbocycles. The minimum Gasteiger partial charge on any atom is -0.369 e. The average Bonchev–Trinajstić information content (AvgIpc) is 3.03. The fourth-order valence-corrected chi connectivity index (χ4v) is 2.83. The highest BCUT2D eigenvalue weighted by Crippen LogP contribution is 2.20. The zero-order valence-corrected chi connectivity index (χ0v) is 12.5. The number of nitrogens with one attached hydrogen (secondary N) is 1. The molecule has 1 aromatic rings. The van der Waals surface area contributed by atoms with E-state index in [9.17, 15) is 4.79 Å². The third kappa shape index (κ3) is 3.54. The Kier molecular flexibility index (Phi) is 4.41. The number of benzene rings is 1. The van der Waals surface area contributed by atoms with Crippen LogP contribution in [0, 0.1) is 0 Å². The molecule has 2 aliphatic rings. The number of hydrogen-bond donors (Lipinski definition) is 1. The number of piperazine rings is 1. The summed E-state index contributed by atoms with van der Waals surface area (Å²) < 4.78 is 5.39. The van der Waals surface area contributed by atoms with Crippen molar-refractivity contribution in [3.8, 4) is 0 Å². The van der Waals surface area contributed by atoms with Crippen molar-refractivity contribution in [3.63, 3.8) is 0 Å². The van der Waals surface area contributed by atoms with Crippen LogP contribution in [0.15, 0.2) is 24.3 Å². The third-order valence-corrected chi connectivity index (χ3v) is 4.23. The molecule has 1 aromatic carbocycles. The Morgan fingerprint density at radius 1 is 1.19 bits per heavy atom. The Balaban J connectivity index is 1.57. The van der Waals surface area contributed by atoms with Crippen molar-refractivity contribution in [1.82, 2.24) is 4.90 Å². The normalized spacial score (nSPS) is 23.3. The molecule has 3 rings (SSSR count). The highest BCUT2D eigenvalue weighted by molar-refractivity contribution is 5.94. The maximum Gasteiger partial charge on any atom is 0.253 e. The van der Waals surface area contributed by atoms with Crippen molar-refractivity contribution >= 4 is 17.3 Å². The van der Waals surface area contributed by atoms with E-state index in [1.54, 1.807) is 0 Å². The fourth-order valence-electron chi connectivity index (χ4n) is 2.83. The van der Waals surface area contributed by atoms with E-state index in [-0.39, 0.29) is 12.0 Å². The number of amides is 1. The molecule has 1 N–H and O–H groups in total. The SMILES string of the molecule is CN1CCN(c2ccc(NC(=O)C3CCCO3)cc2)CC1. The quantitative estimate of drug-likeness (QED) is 0.917. The van der Waals surface area contributed by atoms with Crippen molar-refractivity contribution in [2.45, 2.75) is 18.9 Å². The van der Waals surface area contributed by atoms with Crippen molar-refractivity contribution in [2.24, 2.45) is 0 Å². The number of anilines is 2. The predicted molar refractivity (Wildman–Crippen MR) is 83.8 cm³/mol. The molecule has 2 saturated heterocycles. The smallest absolute Gasteiger partial charge is 0.253 e. The Morgan fingerprint density at radius 3 is 2.52 bits per heavy atom. The van der Waals surface area contributed by atoms with Crippen molar-refractivity contribution in [1.29, 1.82) is 0 Å². The van der Waals surface area contributed by atoms with E-state index in [4.69, 9.17) is 4.74 Å². The first-order chi connectivity index (χ1) is 10.2. The molecular weight excluding hydrogens is 266 g/mol. The van der Waals surface area contributed by atoms with Crippen molar-refractivity contribution < 1.29 is 9.53 Å². The molecule has 0 bridgehead atoms. The molecule has 1 amide bonds. The minimum atomic E-state index is -0.276. The monoisotopic (exact) mass is 289 g/mol. The highest BCUT2D eigenvalue weighted by Gasteiger charge is 2.23. The summed E-state index contributed by atoms with van der Waals surface area (Å²) in [6, 6.07) is 8.11. The second-order valence-corrected chi connectivity index (χ2v) is 5.83. The van der Waals surface area contributed by atoms with Gasteiger partial charge >= 0.3 is 0 Å². The second-order valence-electron chi connectivity index (χ2n) is 5.83. The Hall–Kier alpha value is -1.59. The van der Waals surface area contributed by atoms with Crippen LogP contribution in [0.25, 0.3) is 0 Å². The summed E-state index contributed by atoms with van der Waals surface area (Å²) in [5, 5.41) is 2.93. The summed E-state index contributed by atoms with van der Waals surface area (Å²) in [6.45, 7) is 4.99. The summed E-state index contributed by atoms with van der Waals surface area (Å²) in [6.07, 6.45) is 1.52. The highest BCUT2D eigenvalue weighted by atomic mass is 16.5. The van der Waals surface area contributed by atoms with E-state index in [2.05, 4.69) is 34.3 Å². The van der Waals surface area contributed by atoms with Gasteiger partial charge in [-0.25, -0.2) is 0 Å². The van der Waals surface area contributed by atoms with Gasteiger partial charge in [0.15, 0.2) is 0 Å². The van der Waals surface area contributed by atoms with E-state index in [0.717, 1.165) is 44.7 Å². The zero-order chi connectivity index (χ0) is 14.7. The van der Waals surface area contributed by atoms with Gasteiger partial charge in [0, 0.05) is 44.2 Å². The molecule has 1 atom stereocenters. The predicted octanol–water partition coefficient (Wildman–Crippen LogP) is 1.56. The standard InChI is InChI=1S/C16H23N3O2/c1-18-8-10-19(11-9-18)14-6-4-13(5-7-14)17-16(20)15-3-2-12-21-15/h4-7,15H,2-3,8-12H2,1H3,(H,17,20). The lowest BCUT2D eigenvalue weighted by atomic mass is 10.2. The first kappa shape index (κ1) is 14.4. The van der Waals surface area contributed by atoms with Gasteiger partial charge in [-0.05, 0) is 44.2 Å². The average molecular weight is 289 g/mol. The number of rotatable bonds is 3. The van der Waals surface area contributed by atoms with Crippen molar-refractivity contribution in [3.05, 3.63) is 24.3 Å². The van der Waals surface area contributed by atoms with Crippen LogP contribution in [-0.2, 0) is 9.53 Å². The molecular formula is C16H23N3O2. The van der Waals surface area contributed by atoms with Gasteiger partial charge in [0.25, 0.3) is 5.91 Å². The number of nitrogens with zero attached hydrogens (tertiary/aromatic N) is 2. The van der Waals surface area contributed by atoms with Crippen LogP contribution >= 0.6 is 0 Å². The van der Waals surface area contributed by atoms with Crippen LogP contribution in [0.3, 0.4) is 0 Å². The molecule has 2 aliphatic heterocycles. The number of likely N-dealkylation sites (N-methyl/N-ethyl adjacent to an activating group) is 1. The maximum absolute atomic E-state index is 12.0. The van der Waals surface area contributed by atoms with Crippen LogP contribution in [0.5, 0.6) is 0 Å². The van der Waals surface area contributed by atoms with Gasteiger partial charge < -0.3 is 19.9 Å². The third-order valence-electron chi connectivity index (χ3n) is 4.23. The molecule has 0 radical (unpaired) electrons. The summed E-state index contributed by atoms with van der Waals surface area (Å²) in [5.41, 5.74) is 2.06. The van der Waals surface area contributed by atoms with Gasteiger partial charge in [-0.3, -0.25) is 4.79 Å². The van der Waals surface area contributed by atoms with Crippen LogP contribution in [0.2, 0.25) is 0 Å².